The molecule has 0 spiro atoms. The van der Waals surface area contributed by atoms with Crippen LogP contribution < -0.4 is 0 Å². The quantitative estimate of drug-likeness (QED) is 0.648. The zero-order valence-electron chi connectivity index (χ0n) is 8.54. The number of nitrogens with zero attached hydrogens (tertiary/aromatic N) is 1. The number of amides is 1. The first-order valence-corrected chi connectivity index (χ1v) is 4.89. The fourth-order valence-electron chi connectivity index (χ4n) is 2.07. The van der Waals surface area contributed by atoms with Gasteiger partial charge in [-0.2, -0.15) is 0 Å². The second kappa shape index (κ2) is 3.90. The van der Waals surface area contributed by atoms with Crippen molar-refractivity contribution in [2.45, 2.75) is 52.1 Å². The summed E-state index contributed by atoms with van der Waals surface area (Å²) >= 11 is 0. The van der Waals surface area contributed by atoms with E-state index in [4.69, 9.17) is 0 Å². The van der Waals surface area contributed by atoms with Crippen molar-refractivity contribution in [3.8, 4) is 0 Å². The Kier molecular flexibility index (Phi) is 3.07. The van der Waals surface area contributed by atoms with Gasteiger partial charge < -0.3 is 4.90 Å². The molecule has 0 aromatic heterocycles. The number of rotatable bonds is 2. The second-order valence-electron chi connectivity index (χ2n) is 3.69. The minimum Gasteiger partial charge on any atom is -0.330 e. The van der Waals surface area contributed by atoms with Crippen LogP contribution in [-0.4, -0.2) is 28.7 Å². The van der Waals surface area contributed by atoms with Crippen molar-refractivity contribution in [1.29, 1.82) is 0 Å². The molecule has 2 atom stereocenters. The van der Waals surface area contributed by atoms with Gasteiger partial charge in [0.05, 0.1) is 6.04 Å². The highest BCUT2D eigenvalue weighted by molar-refractivity contribution is 5.88. The minimum absolute atomic E-state index is 0.0248. The lowest BCUT2D eigenvalue weighted by Gasteiger charge is -2.25. The summed E-state index contributed by atoms with van der Waals surface area (Å²) in [6.07, 6.45) is 2.32. The van der Waals surface area contributed by atoms with Crippen LogP contribution in [-0.2, 0) is 9.59 Å². The number of ketones is 1. The molecule has 1 rings (SSSR count). The molecule has 3 nitrogen and oxygen atoms in total. The average molecular weight is 183 g/mol. The van der Waals surface area contributed by atoms with Gasteiger partial charge in [0.1, 0.15) is 0 Å². The van der Waals surface area contributed by atoms with E-state index in [1.54, 1.807) is 4.90 Å². The first-order valence-electron chi connectivity index (χ1n) is 4.89. The summed E-state index contributed by atoms with van der Waals surface area (Å²) in [5.41, 5.74) is 0. The summed E-state index contributed by atoms with van der Waals surface area (Å²) in [4.78, 5) is 24.5. The standard InChI is InChI=1S/C10H17NO2/c1-4-10(13)9-6-5-7(2)11(9)8(3)12/h7,9H,4-6H2,1-3H3/t7-,9-/m0/s1. The number of hydrogen-bond donors (Lipinski definition) is 0. The van der Waals surface area contributed by atoms with Gasteiger partial charge in [0.2, 0.25) is 5.91 Å². The number of carbonyl (C=O) groups excluding carboxylic acids is 2. The Morgan fingerprint density at radius 2 is 2.00 bits per heavy atom. The van der Waals surface area contributed by atoms with E-state index in [9.17, 15) is 9.59 Å². The Bertz CT molecular complexity index is 225. The van der Waals surface area contributed by atoms with Crippen LogP contribution in [0.15, 0.2) is 0 Å². The highest BCUT2D eigenvalue weighted by Crippen LogP contribution is 2.25. The van der Waals surface area contributed by atoms with Crippen molar-refractivity contribution in [3.63, 3.8) is 0 Å². The number of Topliss-reactive ketones (excluding diaryl/α,β-unsaturated/α-hetero) is 1. The predicted octanol–water partition coefficient (Wildman–Crippen LogP) is 1.36. The summed E-state index contributed by atoms with van der Waals surface area (Å²) in [5.74, 6) is 0.219. The van der Waals surface area contributed by atoms with Crippen molar-refractivity contribution < 1.29 is 9.59 Å². The lowest BCUT2D eigenvalue weighted by Crippen LogP contribution is -2.42. The van der Waals surface area contributed by atoms with E-state index in [1.165, 1.54) is 6.92 Å². The molecule has 1 amide bonds. The normalized spacial score (nSPS) is 27.8. The molecule has 0 unspecified atom stereocenters. The maximum Gasteiger partial charge on any atom is 0.220 e. The van der Waals surface area contributed by atoms with Crippen molar-refractivity contribution in [3.05, 3.63) is 0 Å². The third-order valence-corrected chi connectivity index (χ3v) is 2.75. The number of carbonyl (C=O) groups is 2. The summed E-state index contributed by atoms with van der Waals surface area (Å²) in [6.45, 7) is 5.39. The van der Waals surface area contributed by atoms with Gasteiger partial charge in [-0.25, -0.2) is 0 Å². The van der Waals surface area contributed by atoms with Crippen LogP contribution in [0.2, 0.25) is 0 Å². The third kappa shape index (κ3) is 1.90. The van der Waals surface area contributed by atoms with E-state index in [0.29, 0.717) is 6.42 Å². The molecule has 0 aromatic rings. The van der Waals surface area contributed by atoms with Crippen LogP contribution in [0.1, 0.15) is 40.0 Å². The van der Waals surface area contributed by atoms with Gasteiger partial charge in [-0.1, -0.05) is 6.92 Å². The zero-order valence-corrected chi connectivity index (χ0v) is 8.54. The molecule has 1 fully saturated rings. The van der Waals surface area contributed by atoms with E-state index in [-0.39, 0.29) is 23.8 Å². The molecule has 0 radical (unpaired) electrons. The van der Waals surface area contributed by atoms with Gasteiger partial charge in [0, 0.05) is 19.4 Å². The molecule has 0 aliphatic carbocycles. The molecule has 0 aromatic carbocycles. The third-order valence-electron chi connectivity index (χ3n) is 2.75. The van der Waals surface area contributed by atoms with Crippen molar-refractivity contribution in [2.24, 2.45) is 0 Å². The minimum atomic E-state index is -0.141. The van der Waals surface area contributed by atoms with Gasteiger partial charge in [-0.05, 0) is 19.8 Å². The molecule has 0 bridgehead atoms. The summed E-state index contributed by atoms with van der Waals surface area (Å²) in [5, 5.41) is 0. The lowest BCUT2D eigenvalue weighted by atomic mass is 10.1. The van der Waals surface area contributed by atoms with E-state index in [0.717, 1.165) is 12.8 Å². The van der Waals surface area contributed by atoms with E-state index in [2.05, 4.69) is 0 Å². The predicted molar refractivity (Wildman–Crippen MR) is 50.3 cm³/mol. The number of hydrogen-bond acceptors (Lipinski definition) is 2. The van der Waals surface area contributed by atoms with Crippen molar-refractivity contribution >= 4 is 11.7 Å². The highest BCUT2D eigenvalue weighted by Gasteiger charge is 2.35. The molecule has 1 heterocycles. The molecule has 0 saturated carbocycles. The molecular weight excluding hydrogens is 166 g/mol. The lowest BCUT2D eigenvalue weighted by molar-refractivity contribution is -0.137. The Balaban J connectivity index is 2.75. The molecule has 74 valence electrons. The summed E-state index contributed by atoms with van der Waals surface area (Å²) < 4.78 is 0. The van der Waals surface area contributed by atoms with Crippen LogP contribution in [0.3, 0.4) is 0 Å². The number of likely N-dealkylation sites (tertiary alicyclic amines) is 1. The molecule has 1 saturated heterocycles. The van der Waals surface area contributed by atoms with E-state index < -0.39 is 0 Å². The van der Waals surface area contributed by atoms with Crippen LogP contribution in [0, 0.1) is 0 Å². The van der Waals surface area contributed by atoms with Gasteiger partial charge >= 0.3 is 0 Å². The van der Waals surface area contributed by atoms with Gasteiger partial charge in [0.15, 0.2) is 5.78 Å². The van der Waals surface area contributed by atoms with E-state index in [1.807, 2.05) is 13.8 Å². The van der Waals surface area contributed by atoms with Gasteiger partial charge in [0.25, 0.3) is 0 Å². The smallest absolute Gasteiger partial charge is 0.220 e. The van der Waals surface area contributed by atoms with Crippen LogP contribution in [0.4, 0.5) is 0 Å². The average Bonchev–Trinajstić information content (AvgIpc) is 2.45. The Hall–Kier alpha value is -0.860. The summed E-state index contributed by atoms with van der Waals surface area (Å²) in [7, 11) is 0. The Morgan fingerprint density at radius 1 is 1.38 bits per heavy atom. The molecule has 3 heteroatoms. The molecule has 0 N–H and O–H groups in total. The largest absolute Gasteiger partial charge is 0.330 e. The van der Waals surface area contributed by atoms with Crippen molar-refractivity contribution in [2.75, 3.05) is 0 Å². The Morgan fingerprint density at radius 3 is 2.46 bits per heavy atom. The maximum absolute atomic E-state index is 11.5. The Labute approximate surface area is 79.1 Å². The molecule has 1 aliphatic heterocycles. The van der Waals surface area contributed by atoms with Gasteiger partial charge in [-0.3, -0.25) is 9.59 Å². The monoisotopic (exact) mass is 183 g/mol. The summed E-state index contributed by atoms with van der Waals surface area (Å²) in [6, 6.07) is 0.0931. The van der Waals surface area contributed by atoms with Gasteiger partial charge in [-0.15, -0.1) is 0 Å². The fourth-order valence-corrected chi connectivity index (χ4v) is 2.07. The SMILES string of the molecule is CCC(=O)[C@@H]1CC[C@H](C)N1C(C)=O. The van der Waals surface area contributed by atoms with Crippen molar-refractivity contribution in [1.82, 2.24) is 4.90 Å². The van der Waals surface area contributed by atoms with E-state index >= 15 is 0 Å². The fraction of sp³-hybridized carbons (Fsp3) is 0.800. The van der Waals surface area contributed by atoms with Crippen LogP contribution in [0.5, 0.6) is 0 Å². The maximum atomic E-state index is 11.5. The molecular formula is C10H17NO2. The molecule has 1 aliphatic rings. The second-order valence-corrected chi connectivity index (χ2v) is 3.69. The first kappa shape index (κ1) is 10.2. The first-order chi connectivity index (χ1) is 6.07. The topological polar surface area (TPSA) is 37.4 Å². The highest BCUT2D eigenvalue weighted by atomic mass is 16.2. The van der Waals surface area contributed by atoms with Crippen LogP contribution in [0.25, 0.3) is 0 Å². The molecule has 13 heavy (non-hydrogen) atoms. The van der Waals surface area contributed by atoms with Crippen LogP contribution >= 0.6 is 0 Å². The zero-order chi connectivity index (χ0) is 10.0.